The van der Waals surface area contributed by atoms with Gasteiger partial charge in [-0.25, -0.2) is 9.97 Å². The lowest BCUT2D eigenvalue weighted by Gasteiger charge is -2.29. The molecular weight excluding hydrogens is 438 g/mol. The van der Waals surface area contributed by atoms with E-state index in [4.69, 9.17) is 14.7 Å². The van der Waals surface area contributed by atoms with E-state index in [9.17, 15) is 4.79 Å². The number of nitrogens with one attached hydrogen (secondary N) is 1. The lowest BCUT2D eigenvalue weighted by Crippen LogP contribution is -2.32. The standard InChI is InChI=1S/C28H23N5O2/c34-27-19-8-2-3-10-22(19)32-25-20(27)16-33(26(25)24-13-17-7-1-4-11-23(17)35-24)28-30-14-18(15-31-28)21-9-5-6-12-29-21/h1-6,8-12,14-15,17,24,26H,7,13,16H2,(H,32,34)/t17?,24?,26-/m0/s1. The fraction of sp³-hybridized carbons (Fsp3) is 0.214. The summed E-state index contributed by atoms with van der Waals surface area (Å²) in [6.45, 7) is 0.435. The Morgan fingerprint density at radius 1 is 1.03 bits per heavy atom. The van der Waals surface area contributed by atoms with Gasteiger partial charge in [-0.2, -0.15) is 0 Å². The highest BCUT2D eigenvalue weighted by molar-refractivity contribution is 5.80. The van der Waals surface area contributed by atoms with Gasteiger partial charge in [0.2, 0.25) is 5.95 Å². The van der Waals surface area contributed by atoms with Crippen molar-refractivity contribution >= 4 is 16.9 Å². The molecule has 5 heterocycles. The highest BCUT2D eigenvalue weighted by Gasteiger charge is 2.45. The average molecular weight is 462 g/mol. The van der Waals surface area contributed by atoms with Crippen LogP contribution in [0, 0.1) is 5.92 Å². The van der Waals surface area contributed by atoms with Gasteiger partial charge in [-0.15, -0.1) is 0 Å². The average Bonchev–Trinajstić information content (AvgIpc) is 3.51. The zero-order valence-electron chi connectivity index (χ0n) is 19.0. The molecule has 1 fully saturated rings. The summed E-state index contributed by atoms with van der Waals surface area (Å²) in [6, 6.07) is 13.3. The molecule has 1 saturated heterocycles. The molecule has 1 aromatic carbocycles. The number of anilines is 1. The number of aromatic nitrogens is 4. The quantitative estimate of drug-likeness (QED) is 0.477. The van der Waals surface area contributed by atoms with Crippen LogP contribution in [0.1, 0.15) is 30.1 Å². The topological polar surface area (TPSA) is 84.0 Å². The molecule has 7 nitrogen and oxygen atoms in total. The number of nitrogens with zero attached hydrogens (tertiary/aromatic N) is 4. The van der Waals surface area contributed by atoms with Crippen LogP contribution in [0.3, 0.4) is 0 Å². The molecule has 3 aromatic heterocycles. The summed E-state index contributed by atoms with van der Waals surface area (Å²) in [4.78, 5) is 33.0. The molecule has 0 amide bonds. The van der Waals surface area contributed by atoms with Gasteiger partial charge in [-0.1, -0.05) is 30.4 Å². The van der Waals surface area contributed by atoms with Crippen molar-refractivity contribution in [2.45, 2.75) is 31.5 Å². The number of ether oxygens (including phenoxy) is 1. The van der Waals surface area contributed by atoms with Gasteiger partial charge in [0.05, 0.1) is 17.9 Å². The van der Waals surface area contributed by atoms with Crippen molar-refractivity contribution < 1.29 is 4.74 Å². The van der Waals surface area contributed by atoms with E-state index in [1.54, 1.807) is 18.6 Å². The molecule has 4 aromatic rings. The molecule has 172 valence electrons. The first-order valence-electron chi connectivity index (χ1n) is 11.9. The molecule has 7 heteroatoms. The Balaban J connectivity index is 1.32. The lowest BCUT2D eigenvalue weighted by atomic mass is 9.92. The molecule has 0 radical (unpaired) electrons. The second-order valence-corrected chi connectivity index (χ2v) is 9.27. The van der Waals surface area contributed by atoms with Crippen LogP contribution in [0.5, 0.6) is 0 Å². The van der Waals surface area contributed by atoms with Gasteiger partial charge in [0.1, 0.15) is 17.9 Å². The van der Waals surface area contributed by atoms with Crippen LogP contribution in [-0.4, -0.2) is 26.0 Å². The Hall–Kier alpha value is -4.26. The molecule has 3 atom stereocenters. The smallest absolute Gasteiger partial charge is 0.226 e. The molecule has 0 spiro atoms. The van der Waals surface area contributed by atoms with E-state index in [1.165, 1.54) is 0 Å². The maximum Gasteiger partial charge on any atom is 0.226 e. The third-order valence-corrected chi connectivity index (χ3v) is 7.23. The third-order valence-electron chi connectivity index (χ3n) is 7.23. The number of allylic oxidation sites excluding steroid dienone is 4. The Labute approximate surface area is 201 Å². The first kappa shape index (κ1) is 20.1. The maximum atomic E-state index is 13.5. The number of rotatable bonds is 3. The van der Waals surface area contributed by atoms with Crippen LogP contribution in [0.15, 0.2) is 89.8 Å². The van der Waals surface area contributed by atoms with E-state index in [-0.39, 0.29) is 17.6 Å². The SMILES string of the molecule is O=c1c2c([nH]c3ccccc13)[C@H](C1CC3CC=CC=C3O1)N(c1ncc(-c3ccccn3)cn1)C2. The molecule has 7 rings (SSSR count). The summed E-state index contributed by atoms with van der Waals surface area (Å²) in [7, 11) is 0. The van der Waals surface area contributed by atoms with Gasteiger partial charge < -0.3 is 14.6 Å². The van der Waals surface area contributed by atoms with Gasteiger partial charge in [0.25, 0.3) is 0 Å². The highest BCUT2D eigenvalue weighted by atomic mass is 16.5. The molecule has 0 bridgehead atoms. The minimum absolute atomic E-state index is 0.0586. The van der Waals surface area contributed by atoms with Crippen molar-refractivity contribution in [1.82, 2.24) is 19.9 Å². The molecule has 2 aliphatic heterocycles. The molecule has 35 heavy (non-hydrogen) atoms. The van der Waals surface area contributed by atoms with Crippen molar-refractivity contribution in [2.75, 3.05) is 4.90 Å². The summed E-state index contributed by atoms with van der Waals surface area (Å²) >= 11 is 0. The second-order valence-electron chi connectivity index (χ2n) is 9.27. The summed E-state index contributed by atoms with van der Waals surface area (Å²) in [5.41, 5.74) is 4.24. The number of benzene rings is 1. The summed E-state index contributed by atoms with van der Waals surface area (Å²) < 4.78 is 6.48. The predicted molar refractivity (Wildman–Crippen MR) is 134 cm³/mol. The Kier molecular flexibility index (Phi) is 4.55. The number of aromatic amines is 1. The lowest BCUT2D eigenvalue weighted by molar-refractivity contribution is 0.131. The van der Waals surface area contributed by atoms with E-state index >= 15 is 0 Å². The monoisotopic (exact) mass is 461 g/mol. The second kappa shape index (κ2) is 7.91. The van der Waals surface area contributed by atoms with Crippen LogP contribution in [0.2, 0.25) is 0 Å². The summed E-state index contributed by atoms with van der Waals surface area (Å²) in [5.74, 6) is 1.98. The summed E-state index contributed by atoms with van der Waals surface area (Å²) in [6.07, 6.45) is 13.4. The zero-order valence-corrected chi connectivity index (χ0v) is 19.0. The number of H-pyrrole nitrogens is 1. The van der Waals surface area contributed by atoms with E-state index < -0.39 is 0 Å². The van der Waals surface area contributed by atoms with Gasteiger partial charge in [-0.05, 0) is 43.2 Å². The molecule has 3 aliphatic rings. The molecule has 0 saturated carbocycles. The van der Waals surface area contributed by atoms with Crippen molar-refractivity contribution in [2.24, 2.45) is 5.92 Å². The number of hydrogen-bond acceptors (Lipinski definition) is 6. The number of pyridine rings is 2. The van der Waals surface area contributed by atoms with Gasteiger partial charge in [0.15, 0.2) is 5.43 Å². The van der Waals surface area contributed by atoms with E-state index in [0.29, 0.717) is 23.8 Å². The highest BCUT2D eigenvalue weighted by Crippen LogP contribution is 2.46. The first-order valence-corrected chi connectivity index (χ1v) is 11.9. The van der Waals surface area contributed by atoms with Crippen LogP contribution in [0.25, 0.3) is 22.2 Å². The normalized spacial score (nSPS) is 22.6. The molecule has 1 N–H and O–H groups in total. The predicted octanol–water partition coefficient (Wildman–Crippen LogP) is 4.69. The van der Waals surface area contributed by atoms with Crippen LogP contribution in [0.4, 0.5) is 5.95 Å². The summed E-state index contributed by atoms with van der Waals surface area (Å²) in [5, 5.41) is 0.700. The van der Waals surface area contributed by atoms with Crippen LogP contribution >= 0.6 is 0 Å². The van der Waals surface area contributed by atoms with Gasteiger partial charge >= 0.3 is 0 Å². The van der Waals surface area contributed by atoms with Crippen LogP contribution < -0.4 is 10.3 Å². The zero-order chi connectivity index (χ0) is 23.4. The van der Waals surface area contributed by atoms with E-state index in [0.717, 1.165) is 46.6 Å². The molecule has 2 unspecified atom stereocenters. The number of para-hydroxylation sites is 1. The largest absolute Gasteiger partial charge is 0.492 e. The van der Waals surface area contributed by atoms with Crippen molar-refractivity contribution in [1.29, 1.82) is 0 Å². The van der Waals surface area contributed by atoms with Crippen molar-refractivity contribution in [3.05, 3.63) is 107 Å². The van der Waals surface area contributed by atoms with Crippen LogP contribution in [-0.2, 0) is 11.3 Å². The maximum absolute atomic E-state index is 13.5. The fourth-order valence-electron chi connectivity index (χ4n) is 5.55. The van der Waals surface area contributed by atoms with Crippen molar-refractivity contribution in [3.63, 3.8) is 0 Å². The Bertz CT molecular complexity index is 1540. The fourth-order valence-corrected chi connectivity index (χ4v) is 5.55. The van der Waals surface area contributed by atoms with E-state index in [2.05, 4.69) is 33.1 Å². The minimum Gasteiger partial charge on any atom is -0.492 e. The van der Waals surface area contributed by atoms with E-state index in [1.807, 2.05) is 42.5 Å². The van der Waals surface area contributed by atoms with Crippen molar-refractivity contribution in [3.8, 4) is 11.3 Å². The first-order chi connectivity index (χ1) is 17.3. The minimum atomic E-state index is -0.186. The van der Waals surface area contributed by atoms with Gasteiger partial charge in [-0.3, -0.25) is 9.78 Å². The van der Waals surface area contributed by atoms with Gasteiger partial charge in [0, 0.05) is 46.5 Å². The molecule has 1 aliphatic carbocycles. The Morgan fingerprint density at radius 3 is 2.71 bits per heavy atom. The molecular formula is C28H23N5O2. The number of fused-ring (bicyclic) bond motifs is 3. The third kappa shape index (κ3) is 3.26. The Morgan fingerprint density at radius 2 is 1.89 bits per heavy atom. The number of hydrogen-bond donors (Lipinski definition) is 1.